The molecule has 12 heteroatoms. The van der Waals surface area contributed by atoms with Crippen molar-refractivity contribution in [3.05, 3.63) is 30.5 Å². The molecule has 8 nitrogen and oxygen atoms in total. The molecule has 1 saturated heterocycles. The van der Waals surface area contributed by atoms with Crippen LogP contribution in [-0.2, 0) is 9.73 Å². The molecule has 3 aromatic heterocycles. The maximum Gasteiger partial charge on any atom is 0.388 e. The van der Waals surface area contributed by atoms with E-state index < -0.39 is 28.6 Å². The van der Waals surface area contributed by atoms with Gasteiger partial charge in [-0.2, -0.15) is 13.8 Å². The van der Waals surface area contributed by atoms with Crippen LogP contribution in [-0.4, -0.2) is 62.5 Å². The first-order chi connectivity index (χ1) is 14.1. The number of aliphatic hydroxyl groups excluding tert-OH is 1. The molecule has 0 aliphatic carbocycles. The molecular weight excluding hydrogens is 423 g/mol. The smallest absolute Gasteiger partial charge is 0.388 e. The van der Waals surface area contributed by atoms with Crippen molar-refractivity contribution in [3.63, 3.8) is 0 Å². The first-order valence-electron chi connectivity index (χ1n) is 8.87. The number of anilines is 1. The van der Waals surface area contributed by atoms with Crippen LogP contribution in [0.5, 0.6) is 5.88 Å². The number of hydrogen-bond acceptors (Lipinski definition) is 7. The van der Waals surface area contributed by atoms with E-state index in [0.29, 0.717) is 22.5 Å². The van der Waals surface area contributed by atoms with Crippen LogP contribution in [0.4, 0.5) is 19.0 Å². The van der Waals surface area contributed by atoms with Crippen molar-refractivity contribution in [2.45, 2.75) is 23.8 Å². The molecule has 30 heavy (non-hydrogen) atoms. The van der Waals surface area contributed by atoms with E-state index in [4.69, 9.17) is 4.78 Å². The highest BCUT2D eigenvalue weighted by Crippen LogP contribution is 2.35. The van der Waals surface area contributed by atoms with E-state index in [0.717, 1.165) is 0 Å². The predicted octanol–water partition coefficient (Wildman–Crippen LogP) is 2.78. The van der Waals surface area contributed by atoms with Gasteiger partial charge in [0, 0.05) is 36.0 Å². The number of ether oxygens (including phenoxy) is 1. The zero-order valence-electron chi connectivity index (χ0n) is 15.7. The second kappa shape index (κ2) is 7.43. The molecule has 0 amide bonds. The summed E-state index contributed by atoms with van der Waals surface area (Å²) in [6.07, 6.45) is -0.0545. The number of hydrogen-bond donors (Lipinski definition) is 3. The largest absolute Gasteiger partial charge is 0.417 e. The number of β-amino-alcohol motifs (C(OH)–C–C–N with tert-alkyl or cyclic N) is 1. The zero-order chi connectivity index (χ0) is 21.6. The SMILES string of the molecule is CS(=N)(=O)c1cnc(N2C[C@@H](O)[C@H](F)C2)c(-c2cc3ccc(OC(F)F)nc3[nH]2)c1. The van der Waals surface area contributed by atoms with Crippen LogP contribution < -0.4 is 9.64 Å². The summed E-state index contributed by atoms with van der Waals surface area (Å²) in [5.41, 5.74) is 1.15. The number of nitrogens with one attached hydrogen (secondary N) is 2. The molecule has 4 rings (SSSR count). The van der Waals surface area contributed by atoms with Gasteiger partial charge in [-0.15, -0.1) is 0 Å². The Balaban J connectivity index is 1.83. The van der Waals surface area contributed by atoms with Gasteiger partial charge in [0.05, 0.1) is 26.9 Å². The minimum atomic E-state index is -3.08. The third-order valence-corrected chi connectivity index (χ3v) is 5.89. The molecule has 160 valence electrons. The molecule has 0 aromatic carbocycles. The average Bonchev–Trinajstić information content (AvgIpc) is 3.23. The Labute approximate surface area is 169 Å². The predicted molar refractivity (Wildman–Crippen MR) is 104 cm³/mol. The maximum absolute atomic E-state index is 13.9. The number of alkyl halides is 3. The van der Waals surface area contributed by atoms with E-state index in [9.17, 15) is 22.5 Å². The second-order valence-electron chi connectivity index (χ2n) is 7.02. The van der Waals surface area contributed by atoms with Crippen molar-refractivity contribution in [2.75, 3.05) is 24.2 Å². The van der Waals surface area contributed by atoms with Crippen LogP contribution in [0, 0.1) is 4.78 Å². The Morgan fingerprint density at radius 3 is 2.77 bits per heavy atom. The van der Waals surface area contributed by atoms with Crippen molar-refractivity contribution in [2.24, 2.45) is 0 Å². The van der Waals surface area contributed by atoms with Gasteiger partial charge in [0.15, 0.2) is 0 Å². The van der Waals surface area contributed by atoms with Gasteiger partial charge in [-0.1, -0.05) is 0 Å². The molecule has 0 radical (unpaired) electrons. The maximum atomic E-state index is 13.9. The first kappa shape index (κ1) is 20.4. The summed E-state index contributed by atoms with van der Waals surface area (Å²) in [4.78, 5) is 13.0. The summed E-state index contributed by atoms with van der Waals surface area (Å²) in [5, 5.41) is 10.4. The number of halogens is 3. The van der Waals surface area contributed by atoms with E-state index in [2.05, 4.69) is 19.7 Å². The van der Waals surface area contributed by atoms with Crippen LogP contribution in [0.15, 0.2) is 35.4 Å². The minimum absolute atomic E-state index is 0.0216. The van der Waals surface area contributed by atoms with Crippen molar-refractivity contribution < 1.29 is 27.2 Å². The molecule has 1 aliphatic rings. The lowest BCUT2D eigenvalue weighted by Gasteiger charge is -2.20. The summed E-state index contributed by atoms with van der Waals surface area (Å²) in [5.74, 6) is 0.0703. The molecule has 0 spiro atoms. The molecular formula is C18H18F3N5O3S. The molecule has 1 aliphatic heterocycles. The number of H-pyrrole nitrogens is 1. The van der Waals surface area contributed by atoms with Crippen molar-refractivity contribution in [3.8, 4) is 17.1 Å². The minimum Gasteiger partial charge on any atom is -0.417 e. The van der Waals surface area contributed by atoms with Gasteiger partial charge in [-0.25, -0.2) is 18.4 Å². The van der Waals surface area contributed by atoms with E-state index in [1.807, 2.05) is 0 Å². The molecule has 0 saturated carbocycles. The van der Waals surface area contributed by atoms with Crippen molar-refractivity contribution in [1.82, 2.24) is 15.0 Å². The summed E-state index contributed by atoms with van der Waals surface area (Å²) in [6.45, 7) is -3.07. The fourth-order valence-electron chi connectivity index (χ4n) is 3.31. The highest BCUT2D eigenvalue weighted by atomic mass is 32.2. The monoisotopic (exact) mass is 441 g/mol. The topological polar surface area (TPSA) is 115 Å². The Hall–Kier alpha value is -2.86. The van der Waals surface area contributed by atoms with E-state index >= 15 is 0 Å². The molecule has 1 unspecified atom stereocenters. The molecule has 4 heterocycles. The lowest BCUT2D eigenvalue weighted by Crippen LogP contribution is -2.23. The highest BCUT2D eigenvalue weighted by Gasteiger charge is 2.33. The van der Waals surface area contributed by atoms with Gasteiger partial charge in [-0.05, 0) is 18.2 Å². The molecule has 3 aromatic rings. The van der Waals surface area contributed by atoms with Gasteiger partial charge < -0.3 is 19.7 Å². The van der Waals surface area contributed by atoms with Gasteiger partial charge in [0.25, 0.3) is 0 Å². The second-order valence-corrected chi connectivity index (χ2v) is 9.18. The normalized spacial score (nSPS) is 21.3. The Morgan fingerprint density at radius 1 is 1.37 bits per heavy atom. The van der Waals surface area contributed by atoms with Crippen LogP contribution in [0.2, 0.25) is 0 Å². The summed E-state index contributed by atoms with van der Waals surface area (Å²) in [7, 11) is -3.08. The lowest BCUT2D eigenvalue weighted by molar-refractivity contribution is -0.0526. The quantitative estimate of drug-likeness (QED) is 0.561. The zero-order valence-corrected chi connectivity index (χ0v) is 16.5. The summed E-state index contributed by atoms with van der Waals surface area (Å²) < 4.78 is 63.2. The van der Waals surface area contributed by atoms with Crippen LogP contribution in [0.3, 0.4) is 0 Å². The lowest BCUT2D eigenvalue weighted by atomic mass is 10.1. The number of aromatic amines is 1. The van der Waals surface area contributed by atoms with Gasteiger partial charge in [0.1, 0.15) is 23.7 Å². The standard InChI is InChI=1S/C18H18F3N5O3S/c1-30(22,28)10-5-11(17(23-6-10)26-7-12(19)14(27)8-26)13-4-9-2-3-15(29-18(20)21)25-16(9)24-13/h2-6,12,14,18,22,27H,7-8H2,1H3,(H,24,25)/t12-,14-,30?/m1/s1. The van der Waals surface area contributed by atoms with Crippen LogP contribution in [0.25, 0.3) is 22.3 Å². The molecule has 3 atom stereocenters. The molecule has 0 bridgehead atoms. The molecule has 1 fully saturated rings. The van der Waals surface area contributed by atoms with E-state index in [1.54, 1.807) is 17.0 Å². The number of nitrogens with zero attached hydrogens (tertiary/aromatic N) is 3. The third kappa shape index (κ3) is 3.92. The van der Waals surface area contributed by atoms with Gasteiger partial charge >= 0.3 is 6.61 Å². The number of aromatic nitrogens is 3. The van der Waals surface area contributed by atoms with Crippen LogP contribution >= 0.6 is 0 Å². The number of aliphatic hydroxyl groups is 1. The Kier molecular flexibility index (Phi) is 5.06. The van der Waals surface area contributed by atoms with Crippen molar-refractivity contribution in [1.29, 1.82) is 4.78 Å². The number of rotatable bonds is 5. The number of fused-ring (bicyclic) bond motifs is 1. The van der Waals surface area contributed by atoms with E-state index in [1.165, 1.54) is 24.6 Å². The summed E-state index contributed by atoms with van der Waals surface area (Å²) in [6, 6.07) is 6.03. The average molecular weight is 441 g/mol. The fourth-order valence-corrected chi connectivity index (χ4v) is 3.91. The third-order valence-electron chi connectivity index (χ3n) is 4.76. The van der Waals surface area contributed by atoms with Gasteiger partial charge in [0.2, 0.25) is 5.88 Å². The molecule has 3 N–H and O–H groups in total. The first-order valence-corrected chi connectivity index (χ1v) is 10.8. The summed E-state index contributed by atoms with van der Waals surface area (Å²) >= 11 is 0. The van der Waals surface area contributed by atoms with Crippen LogP contribution in [0.1, 0.15) is 0 Å². The Bertz CT molecular complexity index is 1190. The van der Waals surface area contributed by atoms with Gasteiger partial charge in [-0.3, -0.25) is 0 Å². The number of pyridine rings is 2. The highest BCUT2D eigenvalue weighted by molar-refractivity contribution is 7.91. The Morgan fingerprint density at radius 2 is 2.13 bits per heavy atom. The van der Waals surface area contributed by atoms with E-state index in [-0.39, 0.29) is 29.5 Å². The van der Waals surface area contributed by atoms with Crippen molar-refractivity contribution >= 4 is 26.6 Å². The fraction of sp³-hybridized carbons (Fsp3) is 0.333.